The van der Waals surface area contributed by atoms with Gasteiger partial charge >= 0.3 is 5.97 Å². The van der Waals surface area contributed by atoms with Crippen LogP contribution in [0.4, 0.5) is 0 Å². The number of fused-ring (bicyclic) bond motifs is 3. The van der Waals surface area contributed by atoms with E-state index in [-0.39, 0.29) is 13.0 Å². The molecule has 1 aliphatic heterocycles. The largest absolute Gasteiger partial charge is 0.493 e. The average Bonchev–Trinajstić information content (AvgIpc) is 3.49. The van der Waals surface area contributed by atoms with Crippen LogP contribution in [0.3, 0.4) is 0 Å². The summed E-state index contributed by atoms with van der Waals surface area (Å²) in [5, 5.41) is 29.0. The van der Waals surface area contributed by atoms with Crippen molar-refractivity contribution in [2.45, 2.75) is 103 Å². The Morgan fingerprint density at radius 1 is 1.09 bits per heavy atom. The predicted molar refractivity (Wildman–Crippen MR) is 169 cm³/mol. The topological polar surface area (TPSA) is 156 Å². The molecule has 2 heterocycles. The molecule has 0 radical (unpaired) electrons. The first-order valence-corrected chi connectivity index (χ1v) is 15.8. The minimum Gasteiger partial charge on any atom is -0.493 e. The monoisotopic (exact) mass is 657 g/mol. The second-order valence-corrected chi connectivity index (χ2v) is 14.2. The molecule has 2 aromatic rings. The van der Waals surface area contributed by atoms with E-state index in [9.17, 15) is 19.8 Å². The van der Waals surface area contributed by atoms with Gasteiger partial charge in [-0.05, 0) is 44.2 Å². The summed E-state index contributed by atoms with van der Waals surface area (Å²) >= 11 is 0. The second-order valence-electron chi connectivity index (χ2n) is 14.2. The number of esters is 1. The fourth-order valence-corrected chi connectivity index (χ4v) is 8.76. The summed E-state index contributed by atoms with van der Waals surface area (Å²) in [6, 6.07) is 5.23. The van der Waals surface area contributed by atoms with Crippen molar-refractivity contribution < 1.29 is 52.7 Å². The molecule has 8 atom stereocenters. The maximum absolute atomic E-state index is 14.3. The number of ketones is 1. The molecule has 258 valence electrons. The van der Waals surface area contributed by atoms with Gasteiger partial charge in [-0.1, -0.05) is 32.0 Å². The lowest BCUT2D eigenvalue weighted by Gasteiger charge is -2.71. The van der Waals surface area contributed by atoms with Gasteiger partial charge in [-0.15, -0.1) is 6.58 Å². The first-order chi connectivity index (χ1) is 22.0. The Hall–Kier alpha value is -3.45. The van der Waals surface area contributed by atoms with E-state index in [0.717, 1.165) is 0 Å². The lowest BCUT2D eigenvalue weighted by atomic mass is 9.39. The van der Waals surface area contributed by atoms with Crippen molar-refractivity contribution in [3.05, 3.63) is 36.6 Å². The van der Waals surface area contributed by atoms with Gasteiger partial charge in [0.05, 0.1) is 33.0 Å². The van der Waals surface area contributed by atoms with Crippen molar-refractivity contribution in [2.75, 3.05) is 21.3 Å². The highest BCUT2D eigenvalue weighted by Crippen LogP contribution is 2.67. The molecular weight excluding hydrogens is 610 g/mol. The Morgan fingerprint density at radius 3 is 2.28 bits per heavy atom. The Bertz CT molecular complexity index is 1530. The van der Waals surface area contributed by atoms with Crippen LogP contribution >= 0.6 is 0 Å². The third kappa shape index (κ3) is 5.15. The molecule has 47 heavy (non-hydrogen) atoms. The Balaban J connectivity index is 1.54. The summed E-state index contributed by atoms with van der Waals surface area (Å²) in [7, 11) is 4.57. The van der Waals surface area contributed by atoms with Crippen LogP contribution < -0.4 is 14.2 Å². The van der Waals surface area contributed by atoms with Gasteiger partial charge in [0.25, 0.3) is 0 Å². The molecule has 12 heteroatoms. The van der Waals surface area contributed by atoms with Gasteiger partial charge in [-0.25, -0.2) is 0 Å². The molecule has 1 aromatic heterocycles. The number of carbonyl (C=O) groups is 2. The number of ether oxygens (including phenoxy) is 6. The van der Waals surface area contributed by atoms with Crippen molar-refractivity contribution in [2.24, 2.45) is 16.7 Å². The quantitative estimate of drug-likeness (QED) is 0.290. The number of aliphatic hydroxyl groups excluding tert-OH is 1. The molecule has 3 aliphatic rings. The van der Waals surface area contributed by atoms with Crippen LogP contribution in [0.2, 0.25) is 0 Å². The van der Waals surface area contributed by atoms with Gasteiger partial charge in [-0.2, -0.15) is 0 Å². The molecule has 3 fully saturated rings. The third-order valence-corrected chi connectivity index (χ3v) is 11.0. The summed E-state index contributed by atoms with van der Waals surface area (Å²) < 4.78 is 40.9. The number of benzene rings is 1. The minimum atomic E-state index is -2.23. The van der Waals surface area contributed by atoms with Gasteiger partial charge in [0.1, 0.15) is 30.1 Å². The number of nitrogens with zero attached hydrogens (tertiary/aromatic N) is 1. The van der Waals surface area contributed by atoms with Gasteiger partial charge in [0, 0.05) is 36.3 Å². The van der Waals surface area contributed by atoms with E-state index in [1.165, 1.54) is 41.3 Å². The van der Waals surface area contributed by atoms with E-state index < -0.39 is 63.6 Å². The number of aliphatic hydroxyl groups is 2. The number of methoxy groups -OCH3 is 3. The number of carbonyl (C=O) groups excluding carboxylic acids is 2. The molecule has 0 bridgehead atoms. The number of rotatable bonds is 9. The van der Waals surface area contributed by atoms with Crippen LogP contribution in [0.5, 0.6) is 17.2 Å². The van der Waals surface area contributed by atoms with Gasteiger partial charge < -0.3 is 43.2 Å². The highest BCUT2D eigenvalue weighted by molar-refractivity contribution is 5.92. The molecule has 0 amide bonds. The maximum atomic E-state index is 14.3. The lowest BCUT2D eigenvalue weighted by Crippen LogP contribution is -2.86. The van der Waals surface area contributed by atoms with Crippen molar-refractivity contribution in [1.29, 1.82) is 0 Å². The highest BCUT2D eigenvalue weighted by Gasteiger charge is 2.81. The van der Waals surface area contributed by atoms with Crippen LogP contribution in [0.15, 0.2) is 35.4 Å². The Labute approximate surface area is 275 Å². The first-order valence-electron chi connectivity index (χ1n) is 15.8. The number of hydrogen-bond acceptors (Lipinski definition) is 12. The normalized spacial score (nSPS) is 36.1. The first kappa shape index (κ1) is 34.9. The van der Waals surface area contributed by atoms with Crippen molar-refractivity contribution in [1.82, 2.24) is 5.16 Å². The lowest BCUT2D eigenvalue weighted by molar-refractivity contribution is -0.373. The molecular formula is C35H47NO11. The van der Waals surface area contributed by atoms with Crippen LogP contribution in [0.1, 0.15) is 66.6 Å². The number of Topliss-reactive ketones (excluding diaryl/α,β-unsaturated/α-hetero) is 1. The molecule has 1 aromatic carbocycles. The van der Waals surface area contributed by atoms with Crippen LogP contribution in [-0.4, -0.2) is 83.6 Å². The Kier molecular flexibility index (Phi) is 8.83. The fourth-order valence-electron chi connectivity index (χ4n) is 8.76. The molecule has 2 saturated carbocycles. The molecule has 12 nitrogen and oxygen atoms in total. The molecule has 2 aliphatic carbocycles. The summed E-state index contributed by atoms with van der Waals surface area (Å²) in [4.78, 5) is 26.8. The number of hydrogen-bond donors (Lipinski definition) is 2. The van der Waals surface area contributed by atoms with Crippen molar-refractivity contribution in [3.8, 4) is 28.5 Å². The zero-order valence-electron chi connectivity index (χ0n) is 28.7. The van der Waals surface area contributed by atoms with E-state index in [2.05, 4.69) is 11.7 Å². The van der Waals surface area contributed by atoms with Crippen molar-refractivity contribution >= 4 is 11.8 Å². The summed E-state index contributed by atoms with van der Waals surface area (Å²) in [6.45, 7) is 14.0. The third-order valence-electron chi connectivity index (χ3n) is 11.0. The molecule has 5 rings (SSSR count). The van der Waals surface area contributed by atoms with E-state index >= 15 is 0 Å². The van der Waals surface area contributed by atoms with Crippen LogP contribution in [0.25, 0.3) is 11.3 Å². The fraction of sp³-hybridized carbons (Fsp3) is 0.629. The smallest absolute Gasteiger partial charge is 0.303 e. The summed E-state index contributed by atoms with van der Waals surface area (Å²) in [5.41, 5.74) is -6.09. The maximum Gasteiger partial charge on any atom is 0.303 e. The molecule has 0 unspecified atom stereocenters. The summed E-state index contributed by atoms with van der Waals surface area (Å²) in [6.07, 6.45) is -1.00. The zero-order valence-corrected chi connectivity index (χ0v) is 28.7. The van der Waals surface area contributed by atoms with Crippen molar-refractivity contribution in [3.63, 3.8) is 0 Å². The van der Waals surface area contributed by atoms with E-state index in [1.54, 1.807) is 32.0 Å². The minimum absolute atomic E-state index is 0.0438. The van der Waals surface area contributed by atoms with Crippen LogP contribution in [0, 0.1) is 16.7 Å². The molecule has 0 spiro atoms. The van der Waals surface area contributed by atoms with Gasteiger partial charge in [-0.3, -0.25) is 9.59 Å². The summed E-state index contributed by atoms with van der Waals surface area (Å²) in [5.74, 6) is -0.0517. The highest BCUT2D eigenvalue weighted by atomic mass is 16.6. The molecule has 1 saturated heterocycles. The Morgan fingerprint density at radius 2 is 1.72 bits per heavy atom. The van der Waals surface area contributed by atoms with Gasteiger partial charge in [0.15, 0.2) is 28.6 Å². The van der Waals surface area contributed by atoms with E-state index in [4.69, 9.17) is 32.9 Å². The van der Waals surface area contributed by atoms with Crippen LogP contribution in [-0.2, 0) is 30.4 Å². The number of aromatic nitrogens is 1. The standard InChI is InChI=1S/C35H47NO11/c1-11-32(5)17-25(38)35(40)33(6)26(12-13-31(3,4)29(33)28(45-19(2)37)30(39)34(35,7)47-32)44-18-21-16-22(36-46-21)20-14-23(41-8)27(43-10)24(15-20)42-9/h11,14-16,26,28-30,39-40H,1,12-13,17-18H2,2-10H3/t26-,28-,29-,30-,32-,33-,34+,35-/m0/s1. The SMILES string of the molecule is C=C[C@@]1(C)CC(=O)[C@]2(O)[C@@]3(C)[C@@H](OCc4cc(-c5cc(OC)c(OC)c(OC)c5)no4)CCC(C)(C)[C@@H]3[C@H](OC(C)=O)[C@H](O)[C@@]2(C)O1. The van der Waals surface area contributed by atoms with E-state index in [0.29, 0.717) is 47.1 Å². The van der Waals surface area contributed by atoms with Gasteiger partial charge in [0.2, 0.25) is 5.75 Å². The predicted octanol–water partition coefficient (Wildman–Crippen LogP) is 4.43. The second kappa shape index (κ2) is 11.9. The molecule has 2 N–H and O–H groups in total. The average molecular weight is 658 g/mol. The zero-order chi connectivity index (χ0) is 34.7. The van der Waals surface area contributed by atoms with E-state index in [1.807, 2.05) is 13.8 Å².